The summed E-state index contributed by atoms with van der Waals surface area (Å²) in [5.41, 5.74) is 1.11. The van der Waals surface area contributed by atoms with Crippen molar-refractivity contribution in [3.63, 3.8) is 0 Å². The number of aromatic hydroxyl groups is 2. The van der Waals surface area contributed by atoms with Crippen molar-refractivity contribution in [1.82, 2.24) is 0 Å². The van der Waals surface area contributed by atoms with Crippen LogP contribution in [0.1, 0.15) is 22.3 Å². The Labute approximate surface area is 309 Å². The minimum atomic E-state index is -4.33. The van der Waals surface area contributed by atoms with E-state index in [9.17, 15) is 26.3 Å². The van der Waals surface area contributed by atoms with Crippen molar-refractivity contribution in [1.29, 1.82) is 0 Å². The van der Waals surface area contributed by atoms with E-state index in [0.717, 1.165) is 84.4 Å². The Bertz CT molecular complexity index is 1770. The summed E-state index contributed by atoms with van der Waals surface area (Å²) >= 11 is 0. The number of alkyl halides is 6. The number of halogens is 6. The Balaban J connectivity index is 0.000000251. The van der Waals surface area contributed by atoms with E-state index in [4.69, 9.17) is 29.2 Å². The van der Waals surface area contributed by atoms with Gasteiger partial charge in [0.05, 0.1) is 39.6 Å². The topological polar surface area (TPSA) is 77.4 Å². The molecule has 0 saturated heterocycles. The SMILES string of the molecule is COc1cc2cc(CCc3cc4cc(OC)c(OC)cc4[cH-]3)[cH-]c2cc1OC.Oc1ccc(C(F)(F)F)cc1.Oc1ccc(C(F)(F)F)cc1.[Zr+2]. The Morgan fingerprint density at radius 1 is 0.490 bits per heavy atom. The van der Waals surface area contributed by atoms with Crippen LogP contribution in [-0.2, 0) is 51.4 Å². The van der Waals surface area contributed by atoms with Gasteiger partial charge in [-0.3, -0.25) is 0 Å². The Hall–Kier alpha value is -4.64. The van der Waals surface area contributed by atoms with E-state index in [1.54, 1.807) is 28.4 Å². The van der Waals surface area contributed by atoms with E-state index >= 15 is 0 Å². The molecule has 0 saturated carbocycles. The van der Waals surface area contributed by atoms with Crippen LogP contribution in [0.15, 0.2) is 97.1 Å². The zero-order valence-electron chi connectivity index (χ0n) is 27.9. The van der Waals surface area contributed by atoms with E-state index in [1.165, 1.54) is 32.7 Å². The van der Waals surface area contributed by atoms with Gasteiger partial charge in [-0.2, -0.15) is 38.5 Å². The quantitative estimate of drug-likeness (QED) is 0.124. The third-order valence-electron chi connectivity index (χ3n) is 7.63. The molecule has 268 valence electrons. The van der Waals surface area contributed by atoms with Crippen molar-refractivity contribution < 1.29 is 81.7 Å². The van der Waals surface area contributed by atoms with Crippen molar-refractivity contribution in [2.75, 3.05) is 28.4 Å². The van der Waals surface area contributed by atoms with Crippen LogP contribution in [0.2, 0.25) is 0 Å². The van der Waals surface area contributed by atoms with Crippen LogP contribution in [0.25, 0.3) is 21.5 Å². The fraction of sp³-hybridized carbons (Fsp3) is 0.211. The van der Waals surface area contributed by atoms with Gasteiger partial charge in [-0.25, -0.2) is 0 Å². The van der Waals surface area contributed by atoms with E-state index in [-0.39, 0.29) is 37.7 Å². The normalized spacial score (nSPS) is 11.1. The molecule has 0 aromatic heterocycles. The number of phenols is 2. The third-order valence-corrected chi connectivity index (χ3v) is 7.63. The van der Waals surface area contributed by atoms with Gasteiger partial charge in [0.25, 0.3) is 0 Å². The molecule has 0 aliphatic carbocycles. The maximum atomic E-state index is 11.8. The molecule has 6 aromatic rings. The first-order chi connectivity index (χ1) is 23.6. The van der Waals surface area contributed by atoms with Crippen LogP contribution >= 0.6 is 0 Å². The van der Waals surface area contributed by atoms with Crippen LogP contribution in [0.5, 0.6) is 34.5 Å². The Kier molecular flexibility index (Phi) is 14.0. The molecule has 0 radical (unpaired) electrons. The average molecular weight is 792 g/mol. The maximum Gasteiger partial charge on any atom is 2.00 e. The molecule has 6 rings (SSSR count). The number of rotatable bonds is 7. The number of methoxy groups -OCH3 is 4. The molecule has 0 heterocycles. The van der Waals surface area contributed by atoms with Crippen LogP contribution in [0, 0.1) is 0 Å². The number of fused-ring (bicyclic) bond motifs is 2. The van der Waals surface area contributed by atoms with Gasteiger partial charge in [0.15, 0.2) is 0 Å². The van der Waals surface area contributed by atoms with Crippen molar-refractivity contribution in [3.05, 3.63) is 119 Å². The Morgan fingerprint density at radius 3 is 1.06 bits per heavy atom. The summed E-state index contributed by atoms with van der Waals surface area (Å²) in [6, 6.07) is 24.4. The van der Waals surface area contributed by atoms with Gasteiger partial charge in [-0.15, -0.1) is 44.8 Å². The van der Waals surface area contributed by atoms with Crippen molar-refractivity contribution in [2.24, 2.45) is 0 Å². The van der Waals surface area contributed by atoms with Crippen molar-refractivity contribution in [2.45, 2.75) is 25.2 Å². The zero-order chi connectivity index (χ0) is 36.6. The number of benzene rings is 4. The molecule has 2 N–H and O–H groups in total. The summed E-state index contributed by atoms with van der Waals surface area (Å²) in [7, 11) is 6.66. The minimum Gasteiger partial charge on any atom is -0.508 e. The van der Waals surface area contributed by atoms with Crippen molar-refractivity contribution >= 4 is 21.5 Å². The van der Waals surface area contributed by atoms with Crippen LogP contribution in [-0.4, -0.2) is 38.7 Å². The molecule has 6 aromatic carbocycles. The van der Waals surface area contributed by atoms with Gasteiger partial charge in [0.1, 0.15) is 34.5 Å². The first kappa shape index (κ1) is 40.8. The third kappa shape index (κ3) is 10.9. The molecular weight excluding hydrogens is 758 g/mol. The van der Waals surface area contributed by atoms with Crippen LogP contribution < -0.4 is 18.9 Å². The van der Waals surface area contributed by atoms with Crippen LogP contribution in [0.3, 0.4) is 0 Å². The summed E-state index contributed by atoms with van der Waals surface area (Å²) in [6.45, 7) is 0. The minimum absolute atomic E-state index is 0. The molecule has 13 heteroatoms. The molecule has 0 bridgehead atoms. The zero-order valence-corrected chi connectivity index (χ0v) is 30.4. The van der Waals surface area contributed by atoms with Gasteiger partial charge >= 0.3 is 38.6 Å². The molecule has 0 spiro atoms. The summed E-state index contributed by atoms with van der Waals surface area (Å²) < 4.78 is 92.7. The van der Waals surface area contributed by atoms with Crippen molar-refractivity contribution in [3.8, 4) is 34.5 Å². The standard InChI is InChI=1S/C24H24O4.2C7H5F3O.Zr/c1-25-21-11-17-7-15(8-18(17)12-22(21)26-2)5-6-16-9-19-13-23(27-3)24(28-4)14-20(19)10-16;2*8-7(9,10)5-1-3-6(11)4-2-5;/h7-14H,5-6H2,1-4H3;2*1-4,11H;/q-2;;;+2. The fourth-order valence-electron chi connectivity index (χ4n) is 5.08. The fourth-order valence-corrected chi connectivity index (χ4v) is 5.08. The molecule has 0 aliphatic heterocycles. The maximum absolute atomic E-state index is 11.8. The predicted octanol–water partition coefficient (Wildman–Crippen LogP) is 10.1. The monoisotopic (exact) mass is 790 g/mol. The molecule has 51 heavy (non-hydrogen) atoms. The molecule has 6 nitrogen and oxygen atoms in total. The second-order valence-electron chi connectivity index (χ2n) is 11.0. The Morgan fingerprint density at radius 2 is 0.784 bits per heavy atom. The summed E-state index contributed by atoms with van der Waals surface area (Å²) in [6.07, 6.45) is -6.70. The van der Waals surface area contributed by atoms with Gasteiger partial charge in [-0.1, -0.05) is 24.3 Å². The summed E-state index contributed by atoms with van der Waals surface area (Å²) in [4.78, 5) is 0. The van der Waals surface area contributed by atoms with Gasteiger partial charge in [-0.05, 0) is 61.4 Å². The number of hydrogen-bond acceptors (Lipinski definition) is 6. The molecule has 0 unspecified atom stereocenters. The smallest absolute Gasteiger partial charge is 0.508 e. The van der Waals surface area contributed by atoms with E-state index in [2.05, 4.69) is 24.3 Å². The number of ether oxygens (including phenoxy) is 4. The second-order valence-corrected chi connectivity index (χ2v) is 11.0. The summed E-state index contributed by atoms with van der Waals surface area (Å²) in [5.74, 6) is 2.71. The van der Waals surface area contributed by atoms with E-state index in [0.29, 0.717) is 0 Å². The van der Waals surface area contributed by atoms with Gasteiger partial charge < -0.3 is 29.2 Å². The largest absolute Gasteiger partial charge is 2.00 e. The van der Waals surface area contributed by atoms with E-state index < -0.39 is 23.5 Å². The number of aryl methyl sites for hydroxylation is 2. The van der Waals surface area contributed by atoms with E-state index in [1.807, 2.05) is 24.3 Å². The summed E-state index contributed by atoms with van der Waals surface area (Å²) in [5, 5.41) is 22.0. The number of hydrogen-bond donors (Lipinski definition) is 2. The average Bonchev–Trinajstić information content (AvgIpc) is 3.68. The molecule has 0 fully saturated rings. The predicted molar refractivity (Wildman–Crippen MR) is 179 cm³/mol. The first-order valence-electron chi connectivity index (χ1n) is 15.0. The van der Waals surface area contributed by atoms with Gasteiger partial charge in [0.2, 0.25) is 0 Å². The molecule has 0 atom stereocenters. The molecule has 0 aliphatic rings. The van der Waals surface area contributed by atoms with Crippen LogP contribution in [0.4, 0.5) is 26.3 Å². The first-order valence-corrected chi connectivity index (χ1v) is 15.0. The van der Waals surface area contributed by atoms with Gasteiger partial charge in [0, 0.05) is 0 Å². The molecule has 0 amide bonds. The molecular formula is C38H34F6O6Zr. The second kappa shape index (κ2) is 17.5. The number of phenolic OH excluding ortho intramolecular Hbond substituents is 2.